The Hall–Kier alpha value is -2.96. The second-order valence-corrected chi connectivity index (χ2v) is 6.69. The number of para-hydroxylation sites is 2. The molecule has 0 spiro atoms. The van der Waals surface area contributed by atoms with Crippen LogP contribution in [0.15, 0.2) is 48.5 Å². The maximum atomic E-state index is 14.0. The van der Waals surface area contributed by atoms with Crippen LogP contribution in [0.5, 0.6) is 0 Å². The van der Waals surface area contributed by atoms with Crippen LogP contribution >= 0.6 is 0 Å². The molecule has 0 N–H and O–H groups in total. The number of carbonyl (C=O) groups is 2. The zero-order chi connectivity index (χ0) is 20.1. The number of rotatable bonds is 5. The van der Waals surface area contributed by atoms with E-state index < -0.39 is 5.82 Å². The maximum absolute atomic E-state index is 14.0. The van der Waals surface area contributed by atoms with E-state index in [-0.39, 0.29) is 36.3 Å². The van der Waals surface area contributed by atoms with Gasteiger partial charge in [0.1, 0.15) is 11.6 Å². The summed E-state index contributed by atoms with van der Waals surface area (Å²) in [6, 6.07) is 12.6. The molecular weight excluding hydrogens is 364 g/mol. The van der Waals surface area contributed by atoms with Gasteiger partial charge in [-0.1, -0.05) is 24.3 Å². The van der Waals surface area contributed by atoms with Gasteiger partial charge in [0.2, 0.25) is 11.8 Å². The third kappa shape index (κ3) is 4.47. The van der Waals surface area contributed by atoms with Gasteiger partial charge in [0.15, 0.2) is 0 Å². The normalized spacial score (nSPS) is 14.1. The summed E-state index contributed by atoms with van der Waals surface area (Å²) in [5.41, 5.74) is 0.712. The number of nitrogens with zero attached hydrogens (tertiary/aromatic N) is 3. The first kappa shape index (κ1) is 19.8. The quantitative estimate of drug-likeness (QED) is 0.792. The number of hydrogen-bond donors (Lipinski definition) is 0. The average Bonchev–Trinajstić information content (AvgIpc) is 2.69. The van der Waals surface area contributed by atoms with Gasteiger partial charge in [-0.3, -0.25) is 9.59 Å². The molecule has 0 atom stereocenters. The first-order chi connectivity index (χ1) is 13.5. The van der Waals surface area contributed by atoms with Gasteiger partial charge in [-0.2, -0.15) is 0 Å². The molecule has 0 bridgehead atoms. The number of hydrogen-bond acceptors (Lipinski definition) is 3. The highest BCUT2D eigenvalue weighted by atomic mass is 19.1. The van der Waals surface area contributed by atoms with Gasteiger partial charge in [0.25, 0.3) is 0 Å². The fraction of sp³-hybridized carbons (Fsp3) is 0.333. The second-order valence-electron chi connectivity index (χ2n) is 6.69. The minimum Gasteiger partial charge on any atom is -0.366 e. The van der Waals surface area contributed by atoms with Crippen LogP contribution in [0.4, 0.5) is 20.2 Å². The van der Waals surface area contributed by atoms with E-state index in [1.54, 1.807) is 35.2 Å². The fourth-order valence-corrected chi connectivity index (χ4v) is 3.39. The fourth-order valence-electron chi connectivity index (χ4n) is 3.39. The first-order valence-corrected chi connectivity index (χ1v) is 9.27. The molecule has 3 rings (SSSR count). The topological polar surface area (TPSA) is 43.9 Å². The molecule has 2 aromatic rings. The highest BCUT2D eigenvalue weighted by molar-refractivity contribution is 5.92. The van der Waals surface area contributed by atoms with Gasteiger partial charge >= 0.3 is 0 Å². The molecule has 7 heteroatoms. The summed E-state index contributed by atoms with van der Waals surface area (Å²) in [4.78, 5) is 29.4. The van der Waals surface area contributed by atoms with E-state index in [1.807, 2.05) is 4.90 Å². The molecule has 0 radical (unpaired) electrons. The van der Waals surface area contributed by atoms with Crippen molar-refractivity contribution < 1.29 is 18.4 Å². The Balaban J connectivity index is 1.56. The van der Waals surface area contributed by atoms with Gasteiger partial charge in [-0.05, 0) is 24.3 Å². The van der Waals surface area contributed by atoms with Gasteiger partial charge in [0, 0.05) is 46.1 Å². The van der Waals surface area contributed by atoms with E-state index in [0.717, 1.165) is 0 Å². The highest BCUT2D eigenvalue weighted by Gasteiger charge is 2.24. The lowest BCUT2D eigenvalue weighted by molar-refractivity contribution is -0.131. The van der Waals surface area contributed by atoms with Crippen molar-refractivity contribution in [1.29, 1.82) is 0 Å². The number of anilines is 2. The van der Waals surface area contributed by atoms with Crippen molar-refractivity contribution in [2.45, 2.75) is 13.3 Å². The summed E-state index contributed by atoms with van der Waals surface area (Å²) < 4.78 is 27.9. The molecule has 1 saturated heterocycles. The molecule has 5 nitrogen and oxygen atoms in total. The Morgan fingerprint density at radius 2 is 1.54 bits per heavy atom. The number of amides is 2. The van der Waals surface area contributed by atoms with E-state index in [0.29, 0.717) is 31.9 Å². The molecule has 0 saturated carbocycles. The molecule has 1 heterocycles. The summed E-state index contributed by atoms with van der Waals surface area (Å²) in [6.45, 7) is 3.50. The Bertz CT molecular complexity index is 851. The van der Waals surface area contributed by atoms with E-state index in [2.05, 4.69) is 0 Å². The molecule has 2 amide bonds. The number of benzene rings is 2. The van der Waals surface area contributed by atoms with E-state index in [1.165, 1.54) is 30.0 Å². The van der Waals surface area contributed by atoms with Crippen LogP contribution in [0.25, 0.3) is 0 Å². The van der Waals surface area contributed by atoms with Crippen molar-refractivity contribution in [1.82, 2.24) is 4.90 Å². The van der Waals surface area contributed by atoms with Crippen molar-refractivity contribution in [3.63, 3.8) is 0 Å². The van der Waals surface area contributed by atoms with Crippen LogP contribution in [0.2, 0.25) is 0 Å². The van der Waals surface area contributed by atoms with Crippen molar-refractivity contribution >= 4 is 23.2 Å². The van der Waals surface area contributed by atoms with Crippen molar-refractivity contribution in [3.8, 4) is 0 Å². The maximum Gasteiger partial charge on any atom is 0.224 e. The Morgan fingerprint density at radius 1 is 0.929 bits per heavy atom. The molecule has 28 heavy (non-hydrogen) atoms. The molecule has 2 aromatic carbocycles. The standard InChI is InChI=1S/C21H23F2N3O2/c1-16(27)26(20-9-5-3-7-18(20)23)11-10-21(28)25-14-12-24(13-15-25)19-8-4-2-6-17(19)22/h2-9H,10-15H2,1H3. The Morgan fingerprint density at radius 3 is 2.14 bits per heavy atom. The predicted octanol–water partition coefficient (Wildman–Crippen LogP) is 3.06. The molecule has 1 aliphatic rings. The zero-order valence-corrected chi connectivity index (χ0v) is 15.8. The predicted molar refractivity (Wildman–Crippen MR) is 104 cm³/mol. The second kappa shape index (κ2) is 8.82. The number of carbonyl (C=O) groups excluding carboxylic acids is 2. The lowest BCUT2D eigenvalue weighted by Crippen LogP contribution is -2.49. The minimum atomic E-state index is -0.497. The average molecular weight is 387 g/mol. The molecule has 148 valence electrons. The number of piperazine rings is 1. The van der Waals surface area contributed by atoms with Crippen LogP contribution in [-0.4, -0.2) is 49.4 Å². The van der Waals surface area contributed by atoms with Crippen molar-refractivity contribution in [2.24, 2.45) is 0 Å². The Labute approximate surface area is 163 Å². The van der Waals surface area contributed by atoms with Gasteiger partial charge in [-0.25, -0.2) is 8.78 Å². The van der Waals surface area contributed by atoms with Crippen LogP contribution in [0.3, 0.4) is 0 Å². The molecule has 0 unspecified atom stereocenters. The third-order valence-electron chi connectivity index (χ3n) is 4.90. The smallest absolute Gasteiger partial charge is 0.224 e. The zero-order valence-electron chi connectivity index (χ0n) is 15.8. The third-order valence-corrected chi connectivity index (χ3v) is 4.90. The van der Waals surface area contributed by atoms with Crippen molar-refractivity contribution in [3.05, 3.63) is 60.2 Å². The van der Waals surface area contributed by atoms with E-state index >= 15 is 0 Å². The van der Waals surface area contributed by atoms with Crippen LogP contribution in [-0.2, 0) is 9.59 Å². The molecule has 0 aliphatic carbocycles. The minimum absolute atomic E-state index is 0.101. The van der Waals surface area contributed by atoms with Crippen LogP contribution < -0.4 is 9.80 Å². The van der Waals surface area contributed by atoms with Crippen molar-refractivity contribution in [2.75, 3.05) is 42.5 Å². The van der Waals surface area contributed by atoms with Gasteiger partial charge in [0.05, 0.1) is 11.4 Å². The first-order valence-electron chi connectivity index (χ1n) is 9.27. The number of halogens is 2. The lowest BCUT2D eigenvalue weighted by atomic mass is 10.2. The van der Waals surface area contributed by atoms with Crippen LogP contribution in [0, 0.1) is 11.6 Å². The van der Waals surface area contributed by atoms with E-state index in [9.17, 15) is 18.4 Å². The highest BCUT2D eigenvalue weighted by Crippen LogP contribution is 2.21. The summed E-state index contributed by atoms with van der Waals surface area (Å²) in [5, 5.41) is 0. The van der Waals surface area contributed by atoms with Gasteiger partial charge < -0.3 is 14.7 Å². The summed E-state index contributed by atoms with van der Waals surface area (Å²) in [7, 11) is 0. The van der Waals surface area contributed by atoms with Gasteiger partial charge in [-0.15, -0.1) is 0 Å². The molecule has 0 aromatic heterocycles. The SMILES string of the molecule is CC(=O)N(CCC(=O)N1CCN(c2ccccc2F)CC1)c1ccccc1F. The summed E-state index contributed by atoms with van der Waals surface area (Å²) in [5.74, 6) is -1.19. The van der Waals surface area contributed by atoms with Crippen LogP contribution in [0.1, 0.15) is 13.3 Å². The molecular formula is C21H23F2N3O2. The molecule has 1 aliphatic heterocycles. The monoisotopic (exact) mass is 387 g/mol. The summed E-state index contributed by atoms with van der Waals surface area (Å²) in [6.07, 6.45) is 0.105. The largest absolute Gasteiger partial charge is 0.366 e. The molecule has 1 fully saturated rings. The van der Waals surface area contributed by atoms with E-state index in [4.69, 9.17) is 0 Å². The lowest BCUT2D eigenvalue weighted by Gasteiger charge is -2.36. The Kier molecular flexibility index (Phi) is 6.23. The summed E-state index contributed by atoms with van der Waals surface area (Å²) >= 11 is 0.